The largest absolute Gasteiger partial charge is 0.374 e. The summed E-state index contributed by atoms with van der Waals surface area (Å²) in [6, 6.07) is 12.0. The molecule has 1 saturated heterocycles. The molecule has 13 heteroatoms. The highest BCUT2D eigenvalue weighted by atomic mass is 32.1. The van der Waals surface area contributed by atoms with Crippen molar-refractivity contribution in [2.45, 2.75) is 117 Å². The van der Waals surface area contributed by atoms with Gasteiger partial charge in [-0.2, -0.15) is 5.10 Å². The molecule has 11 rings (SSSR count). The Bertz CT molecular complexity index is 2300. The number of fused-ring (bicyclic) bond motifs is 2. The van der Waals surface area contributed by atoms with Crippen LogP contribution in [0.1, 0.15) is 107 Å². The van der Waals surface area contributed by atoms with E-state index >= 15 is 0 Å². The number of nitrogens with zero attached hydrogens (tertiary/aromatic N) is 8. The van der Waals surface area contributed by atoms with Gasteiger partial charge < -0.3 is 30.1 Å². The van der Waals surface area contributed by atoms with Crippen molar-refractivity contribution in [3.63, 3.8) is 0 Å². The first kappa shape index (κ1) is 38.2. The first-order valence-corrected chi connectivity index (χ1v) is 22.3. The molecule has 0 spiro atoms. The Balaban J connectivity index is 0.897. The fourth-order valence-electron chi connectivity index (χ4n) is 12.9. The van der Waals surface area contributed by atoms with Gasteiger partial charge in [0.2, 0.25) is 0 Å². The topological polar surface area (TPSA) is 138 Å². The van der Waals surface area contributed by atoms with Gasteiger partial charge in [0.1, 0.15) is 11.5 Å². The third-order valence-corrected chi connectivity index (χ3v) is 15.1. The summed E-state index contributed by atoms with van der Waals surface area (Å²) in [5, 5.41) is 40.1. The molecule has 0 unspecified atom stereocenters. The fraction of sp³-hybridized carbons (Fsp3) is 0.578. The molecule has 306 valence electrons. The predicted octanol–water partition coefficient (Wildman–Crippen LogP) is 8.39. The number of aromatic nitrogens is 6. The normalized spacial score (nSPS) is 28.2. The molecule has 6 aliphatic rings. The molecule has 0 radical (unpaired) electrons. The lowest BCUT2D eigenvalue weighted by atomic mass is 9.39. The number of likely N-dealkylation sites (tertiary alicyclic amines) is 1. The van der Waals surface area contributed by atoms with Crippen LogP contribution in [0, 0.1) is 30.1 Å². The van der Waals surface area contributed by atoms with E-state index in [1.54, 1.807) is 11.3 Å². The van der Waals surface area contributed by atoms with Gasteiger partial charge in [-0.3, -0.25) is 4.68 Å². The van der Waals surface area contributed by atoms with Gasteiger partial charge in [-0.15, -0.1) is 10.2 Å². The van der Waals surface area contributed by atoms with Gasteiger partial charge in [-0.05, 0) is 132 Å². The molecule has 3 N–H and O–H groups in total. The number of nitrogens with one attached hydrogen (secondary N) is 1. The fourth-order valence-corrected chi connectivity index (χ4v) is 13.8. The highest BCUT2D eigenvalue weighted by molar-refractivity contribution is 7.22. The zero-order valence-corrected chi connectivity index (χ0v) is 35.2. The number of benzene rings is 1. The summed E-state index contributed by atoms with van der Waals surface area (Å²) in [6.07, 6.45) is 12.9. The van der Waals surface area contributed by atoms with Crippen molar-refractivity contribution < 1.29 is 14.9 Å². The minimum absolute atomic E-state index is 0.0731. The lowest BCUT2D eigenvalue weighted by Crippen LogP contribution is -2.64. The van der Waals surface area contributed by atoms with Crippen LogP contribution in [0.2, 0.25) is 0 Å². The van der Waals surface area contributed by atoms with E-state index in [0.29, 0.717) is 23.7 Å². The summed E-state index contributed by atoms with van der Waals surface area (Å²) < 4.78 is 10.4. The van der Waals surface area contributed by atoms with Crippen molar-refractivity contribution >= 4 is 44.1 Å². The average molecular weight is 804 g/mol. The molecule has 4 aromatic heterocycles. The Morgan fingerprint density at radius 2 is 1.66 bits per heavy atom. The third kappa shape index (κ3) is 6.90. The SMILES string of the molecule is Cc1c(Nc2nc3ccccc3s2)nnc2c1CCCN2c1ccc(-c2cnn(C[C@]34C[C@]5(C)C[C@](C)(C3)C[C@@](OCCN3CCCCC3)(C5)C4)c2C)c(C(O)O)n1. The maximum absolute atomic E-state index is 10.8. The van der Waals surface area contributed by atoms with E-state index in [0.717, 1.165) is 95.4 Å². The van der Waals surface area contributed by atoms with Gasteiger partial charge in [0, 0.05) is 47.6 Å². The van der Waals surface area contributed by atoms with Gasteiger partial charge in [0.05, 0.1) is 28.6 Å². The van der Waals surface area contributed by atoms with E-state index in [9.17, 15) is 10.2 Å². The molecule has 2 aliphatic heterocycles. The summed E-state index contributed by atoms with van der Waals surface area (Å²) in [4.78, 5) is 14.3. The van der Waals surface area contributed by atoms with Crippen molar-refractivity contribution in [1.29, 1.82) is 0 Å². The molecular formula is C45H57N9O3S. The van der Waals surface area contributed by atoms with E-state index in [2.05, 4.69) is 53.8 Å². The van der Waals surface area contributed by atoms with Gasteiger partial charge in [0.15, 0.2) is 23.1 Å². The number of aliphatic hydroxyl groups excluding tert-OH is 1. The highest BCUT2D eigenvalue weighted by Gasteiger charge is 2.66. The second-order valence-corrected chi connectivity index (χ2v) is 20.3. The van der Waals surface area contributed by atoms with Crippen molar-refractivity contribution in [3.8, 4) is 11.1 Å². The number of ether oxygens (including phenoxy) is 1. The van der Waals surface area contributed by atoms with Gasteiger partial charge in [0.25, 0.3) is 0 Å². The van der Waals surface area contributed by atoms with Crippen LogP contribution in [-0.2, 0) is 17.7 Å². The Morgan fingerprint density at radius 3 is 2.43 bits per heavy atom. The number of hydrogen-bond donors (Lipinski definition) is 3. The second-order valence-electron chi connectivity index (χ2n) is 19.2. The van der Waals surface area contributed by atoms with Gasteiger partial charge >= 0.3 is 0 Å². The van der Waals surface area contributed by atoms with Gasteiger partial charge in [-0.25, -0.2) is 9.97 Å². The zero-order valence-electron chi connectivity index (χ0n) is 34.4. The monoisotopic (exact) mass is 803 g/mol. The number of anilines is 4. The van der Waals surface area contributed by atoms with Crippen molar-refractivity contribution in [1.82, 2.24) is 34.8 Å². The number of rotatable bonds is 11. The summed E-state index contributed by atoms with van der Waals surface area (Å²) in [6.45, 7) is 15.0. The smallest absolute Gasteiger partial charge is 0.196 e. The van der Waals surface area contributed by atoms with Crippen LogP contribution in [0.5, 0.6) is 0 Å². The molecule has 5 aromatic rings. The zero-order chi connectivity index (χ0) is 39.9. The summed E-state index contributed by atoms with van der Waals surface area (Å²) in [7, 11) is 0. The van der Waals surface area contributed by atoms with Crippen LogP contribution in [0.3, 0.4) is 0 Å². The van der Waals surface area contributed by atoms with Crippen LogP contribution in [0.4, 0.5) is 22.6 Å². The van der Waals surface area contributed by atoms with Crippen LogP contribution in [0.25, 0.3) is 21.3 Å². The van der Waals surface area contributed by atoms with E-state index < -0.39 is 6.29 Å². The lowest BCUT2D eigenvalue weighted by molar-refractivity contribution is -0.249. The quantitative estimate of drug-likeness (QED) is 0.111. The molecule has 1 aromatic carbocycles. The first-order chi connectivity index (χ1) is 27.9. The minimum Gasteiger partial charge on any atom is -0.374 e. The molecule has 0 amide bonds. The molecule has 4 atom stereocenters. The van der Waals surface area contributed by atoms with E-state index in [4.69, 9.17) is 24.9 Å². The van der Waals surface area contributed by atoms with E-state index in [1.807, 2.05) is 41.4 Å². The Kier molecular flexibility index (Phi) is 9.44. The van der Waals surface area contributed by atoms with Crippen molar-refractivity contribution in [2.75, 3.05) is 43.0 Å². The number of para-hydroxylation sites is 1. The Labute approximate surface area is 345 Å². The maximum Gasteiger partial charge on any atom is 0.196 e. The van der Waals surface area contributed by atoms with Crippen LogP contribution in [0.15, 0.2) is 42.6 Å². The molecule has 4 saturated carbocycles. The number of hydrogen-bond acceptors (Lipinski definition) is 12. The van der Waals surface area contributed by atoms with E-state index in [-0.39, 0.29) is 27.5 Å². The molecule has 5 fully saturated rings. The maximum atomic E-state index is 10.8. The lowest BCUT2D eigenvalue weighted by Gasteiger charge is -2.69. The first-order valence-electron chi connectivity index (χ1n) is 21.4. The van der Waals surface area contributed by atoms with Gasteiger partial charge in [-0.1, -0.05) is 43.7 Å². The standard InChI is InChI=1S/C45H57N9O3S/c1-29-31-11-10-18-53(39(31)51-50-38(29)49-41-47-34-12-6-7-13-35(34)58-41)36-15-14-32(37(48-36)40(55)56)33-21-46-54(30(33)2)28-44-23-42(3)22-43(4,24-44)26-45(25-42,27-44)57-20-19-52-16-8-5-9-17-52/h6-7,12-15,21,40,55-56H,5,8-11,16-20,22-28H2,1-4H3,(H,47,49,50)/t42-,43+,44+,45-. The second kappa shape index (κ2) is 14.3. The van der Waals surface area contributed by atoms with Crippen LogP contribution in [-0.4, -0.2) is 83.4 Å². The third-order valence-electron chi connectivity index (χ3n) is 14.1. The number of pyridine rings is 1. The molecule has 58 heavy (non-hydrogen) atoms. The molecular weight excluding hydrogens is 747 g/mol. The highest BCUT2D eigenvalue weighted by Crippen LogP contribution is 2.72. The summed E-state index contributed by atoms with van der Waals surface area (Å²) in [5.41, 5.74) is 6.40. The molecule has 6 heterocycles. The van der Waals surface area contributed by atoms with Crippen LogP contribution >= 0.6 is 11.3 Å². The number of aliphatic hydroxyl groups is 2. The van der Waals surface area contributed by atoms with Crippen molar-refractivity contribution in [3.05, 3.63) is 65.1 Å². The van der Waals surface area contributed by atoms with E-state index in [1.165, 1.54) is 51.6 Å². The minimum atomic E-state index is -1.76. The van der Waals surface area contributed by atoms with Crippen LogP contribution < -0.4 is 10.2 Å². The Morgan fingerprint density at radius 1 is 0.862 bits per heavy atom. The predicted molar refractivity (Wildman–Crippen MR) is 228 cm³/mol. The molecule has 4 bridgehead atoms. The number of piperidine rings is 1. The average Bonchev–Trinajstić information content (AvgIpc) is 3.76. The Hall–Kier alpha value is -4.01. The number of thiazole rings is 1. The van der Waals surface area contributed by atoms with Crippen molar-refractivity contribution in [2.24, 2.45) is 16.2 Å². The molecule has 12 nitrogen and oxygen atoms in total. The summed E-state index contributed by atoms with van der Waals surface area (Å²) >= 11 is 1.59. The molecule has 4 aliphatic carbocycles. The summed E-state index contributed by atoms with van der Waals surface area (Å²) in [5.74, 6) is 2.04.